The van der Waals surface area contributed by atoms with E-state index in [4.69, 9.17) is 0 Å². The standard InChI is InChI=1S/C23H37FN2.ClH/c1-22(2)16-19(17-23(3,4)18-22)20-8-5-6-9-21(20)26-14-12-25(13-15-26)11-7-10-24;/h5-6,8-9,19H,7,10-18H2,1-4H3;1H. The summed E-state index contributed by atoms with van der Waals surface area (Å²) in [5, 5.41) is 0. The third-order valence-corrected chi connectivity index (χ3v) is 6.25. The monoisotopic (exact) mass is 396 g/mol. The lowest BCUT2D eigenvalue weighted by Crippen LogP contribution is -2.47. The molecule has 1 saturated carbocycles. The zero-order valence-corrected chi connectivity index (χ0v) is 18.5. The minimum absolute atomic E-state index is 0. The van der Waals surface area contributed by atoms with Gasteiger partial charge in [-0.2, -0.15) is 0 Å². The second kappa shape index (κ2) is 9.13. The predicted octanol–water partition coefficient (Wildman–Crippen LogP) is 5.91. The highest BCUT2D eigenvalue weighted by Crippen LogP contribution is 2.53. The maximum absolute atomic E-state index is 12.4. The second-order valence-electron chi connectivity index (χ2n) is 10.0. The molecule has 3 rings (SSSR count). The maximum Gasteiger partial charge on any atom is 0.0906 e. The molecular formula is C23H38ClFN2. The molecule has 1 aliphatic carbocycles. The molecule has 2 fully saturated rings. The van der Waals surface area contributed by atoms with Gasteiger partial charge >= 0.3 is 0 Å². The third kappa shape index (κ3) is 5.84. The van der Waals surface area contributed by atoms with E-state index in [1.807, 2.05) is 0 Å². The molecule has 154 valence electrons. The highest BCUT2D eigenvalue weighted by atomic mass is 35.5. The van der Waals surface area contributed by atoms with E-state index in [-0.39, 0.29) is 19.1 Å². The number of halogens is 2. The first-order chi connectivity index (χ1) is 12.3. The summed E-state index contributed by atoms with van der Waals surface area (Å²) < 4.78 is 12.4. The molecule has 4 heteroatoms. The Bertz CT molecular complexity index is 578. The van der Waals surface area contributed by atoms with Crippen LogP contribution in [0.2, 0.25) is 0 Å². The predicted molar refractivity (Wildman–Crippen MR) is 117 cm³/mol. The topological polar surface area (TPSA) is 6.48 Å². The first kappa shape index (κ1) is 22.5. The van der Waals surface area contributed by atoms with Gasteiger partial charge in [-0.25, -0.2) is 0 Å². The molecule has 0 unspecified atom stereocenters. The smallest absolute Gasteiger partial charge is 0.0906 e. The number of alkyl halides is 1. The van der Waals surface area contributed by atoms with Gasteiger partial charge in [-0.15, -0.1) is 12.4 Å². The van der Waals surface area contributed by atoms with E-state index in [0.29, 0.717) is 23.2 Å². The van der Waals surface area contributed by atoms with Crippen molar-refractivity contribution < 1.29 is 4.39 Å². The molecule has 0 amide bonds. The molecule has 1 aromatic rings. The molecule has 0 radical (unpaired) electrons. The van der Waals surface area contributed by atoms with Crippen molar-refractivity contribution in [3.63, 3.8) is 0 Å². The normalized spacial score (nSPS) is 23.1. The third-order valence-electron chi connectivity index (χ3n) is 6.25. The minimum Gasteiger partial charge on any atom is -0.369 e. The van der Waals surface area contributed by atoms with Crippen LogP contribution in [0.5, 0.6) is 0 Å². The first-order valence-electron chi connectivity index (χ1n) is 10.4. The Morgan fingerprint density at radius 1 is 0.963 bits per heavy atom. The van der Waals surface area contributed by atoms with Crippen molar-refractivity contribution in [1.29, 1.82) is 0 Å². The Labute approximate surface area is 171 Å². The summed E-state index contributed by atoms with van der Waals surface area (Å²) in [5.74, 6) is 0.648. The van der Waals surface area contributed by atoms with Gasteiger partial charge in [0, 0.05) is 38.4 Å². The average molecular weight is 397 g/mol. The Hall–Kier alpha value is -0.800. The fourth-order valence-corrected chi connectivity index (χ4v) is 5.68. The number of benzene rings is 1. The molecule has 0 N–H and O–H groups in total. The average Bonchev–Trinajstić information content (AvgIpc) is 2.58. The van der Waals surface area contributed by atoms with E-state index in [9.17, 15) is 4.39 Å². The summed E-state index contributed by atoms with van der Waals surface area (Å²) in [6, 6.07) is 9.09. The van der Waals surface area contributed by atoms with E-state index in [1.54, 1.807) is 5.56 Å². The van der Waals surface area contributed by atoms with Crippen LogP contribution in [-0.2, 0) is 0 Å². The second-order valence-corrected chi connectivity index (χ2v) is 10.0. The molecule has 0 spiro atoms. The minimum atomic E-state index is -0.198. The molecule has 2 nitrogen and oxygen atoms in total. The lowest BCUT2D eigenvalue weighted by molar-refractivity contribution is 0.0970. The lowest BCUT2D eigenvalue weighted by atomic mass is 9.60. The molecule has 0 bridgehead atoms. The van der Waals surface area contributed by atoms with Crippen molar-refractivity contribution in [3.05, 3.63) is 29.8 Å². The molecule has 1 aliphatic heterocycles. The van der Waals surface area contributed by atoms with Crippen molar-refractivity contribution >= 4 is 18.1 Å². The van der Waals surface area contributed by atoms with Crippen molar-refractivity contribution in [1.82, 2.24) is 4.90 Å². The zero-order valence-electron chi connectivity index (χ0n) is 17.6. The molecule has 27 heavy (non-hydrogen) atoms. The van der Waals surface area contributed by atoms with Crippen LogP contribution in [0.25, 0.3) is 0 Å². The van der Waals surface area contributed by atoms with Crippen molar-refractivity contribution in [2.75, 3.05) is 44.3 Å². The maximum atomic E-state index is 12.4. The van der Waals surface area contributed by atoms with Crippen LogP contribution < -0.4 is 4.90 Å². The summed E-state index contributed by atoms with van der Waals surface area (Å²) in [5.41, 5.74) is 3.80. The Balaban J connectivity index is 0.00000261. The first-order valence-corrected chi connectivity index (χ1v) is 10.4. The van der Waals surface area contributed by atoms with Gasteiger partial charge in [-0.3, -0.25) is 9.29 Å². The summed E-state index contributed by atoms with van der Waals surface area (Å²) in [4.78, 5) is 4.97. The van der Waals surface area contributed by atoms with Gasteiger partial charge in [0.25, 0.3) is 0 Å². The van der Waals surface area contributed by atoms with Crippen molar-refractivity contribution in [3.8, 4) is 0 Å². The Kier molecular flexibility index (Phi) is 7.61. The zero-order chi connectivity index (χ0) is 18.8. The number of hydrogen-bond acceptors (Lipinski definition) is 2. The fraction of sp³-hybridized carbons (Fsp3) is 0.739. The number of hydrogen-bond donors (Lipinski definition) is 0. The summed E-state index contributed by atoms with van der Waals surface area (Å²) in [6.45, 7) is 14.7. The van der Waals surface area contributed by atoms with E-state index < -0.39 is 0 Å². The van der Waals surface area contributed by atoms with Gasteiger partial charge < -0.3 is 4.90 Å². The number of rotatable bonds is 5. The van der Waals surface area contributed by atoms with Gasteiger partial charge in [0.15, 0.2) is 0 Å². The number of anilines is 1. The SMILES string of the molecule is CC1(C)CC(c2ccccc2N2CCN(CCCF)CC2)CC(C)(C)C1.Cl. The Morgan fingerprint density at radius 2 is 1.56 bits per heavy atom. The number of nitrogens with zero attached hydrogens (tertiary/aromatic N) is 2. The highest BCUT2D eigenvalue weighted by molar-refractivity contribution is 5.85. The van der Waals surface area contributed by atoms with E-state index in [0.717, 1.165) is 32.7 Å². The van der Waals surface area contributed by atoms with Crippen LogP contribution >= 0.6 is 12.4 Å². The molecule has 1 saturated heterocycles. The van der Waals surface area contributed by atoms with Gasteiger partial charge in [-0.05, 0) is 54.1 Å². The van der Waals surface area contributed by atoms with E-state index in [2.05, 4.69) is 61.8 Å². The largest absolute Gasteiger partial charge is 0.369 e. The van der Waals surface area contributed by atoms with Gasteiger partial charge in [0.2, 0.25) is 0 Å². The lowest BCUT2D eigenvalue weighted by Gasteiger charge is -2.46. The molecule has 0 atom stereocenters. The van der Waals surface area contributed by atoms with Crippen molar-refractivity contribution in [2.45, 2.75) is 59.3 Å². The summed E-state index contributed by atoms with van der Waals surface area (Å²) in [7, 11) is 0. The van der Waals surface area contributed by atoms with Crippen LogP contribution in [-0.4, -0.2) is 44.3 Å². The summed E-state index contributed by atoms with van der Waals surface area (Å²) >= 11 is 0. The van der Waals surface area contributed by atoms with E-state index in [1.165, 1.54) is 24.9 Å². The Morgan fingerprint density at radius 3 is 2.15 bits per heavy atom. The van der Waals surface area contributed by atoms with Gasteiger partial charge in [0.1, 0.15) is 0 Å². The highest BCUT2D eigenvalue weighted by Gasteiger charge is 2.39. The van der Waals surface area contributed by atoms with E-state index >= 15 is 0 Å². The number of para-hydroxylation sites is 1. The summed E-state index contributed by atoms with van der Waals surface area (Å²) in [6.07, 6.45) is 4.54. The number of piperazine rings is 1. The molecule has 2 aliphatic rings. The van der Waals surface area contributed by atoms with Crippen LogP contribution in [0, 0.1) is 10.8 Å². The van der Waals surface area contributed by atoms with Gasteiger partial charge in [0.05, 0.1) is 6.67 Å². The molecule has 0 aromatic heterocycles. The molecular weight excluding hydrogens is 359 g/mol. The van der Waals surface area contributed by atoms with Crippen LogP contribution in [0.3, 0.4) is 0 Å². The molecule has 1 heterocycles. The van der Waals surface area contributed by atoms with Crippen molar-refractivity contribution in [2.24, 2.45) is 10.8 Å². The van der Waals surface area contributed by atoms with Crippen LogP contribution in [0.15, 0.2) is 24.3 Å². The van der Waals surface area contributed by atoms with Gasteiger partial charge in [-0.1, -0.05) is 45.9 Å². The fourth-order valence-electron chi connectivity index (χ4n) is 5.68. The van der Waals surface area contributed by atoms with Crippen LogP contribution in [0.4, 0.5) is 10.1 Å². The van der Waals surface area contributed by atoms with Crippen LogP contribution in [0.1, 0.15) is 64.9 Å². The molecule has 1 aromatic carbocycles. The quantitative estimate of drug-likeness (QED) is 0.610.